The molecule has 130 valence electrons. The molecule has 6 nitrogen and oxygen atoms in total. The van der Waals surface area contributed by atoms with Crippen molar-refractivity contribution in [2.75, 3.05) is 19.8 Å². The summed E-state index contributed by atoms with van der Waals surface area (Å²) in [6.07, 6.45) is 1.44. The third kappa shape index (κ3) is 5.42. The Morgan fingerprint density at radius 1 is 1.21 bits per heavy atom. The van der Waals surface area contributed by atoms with Crippen molar-refractivity contribution in [3.8, 4) is 0 Å². The molecule has 0 N–H and O–H groups in total. The van der Waals surface area contributed by atoms with Gasteiger partial charge in [0.05, 0.1) is 6.54 Å². The summed E-state index contributed by atoms with van der Waals surface area (Å²) in [5.41, 5.74) is -0.835. The van der Waals surface area contributed by atoms with Crippen LogP contribution in [0, 0.1) is 0 Å². The van der Waals surface area contributed by atoms with E-state index in [1.807, 2.05) is 0 Å². The third-order valence-electron chi connectivity index (χ3n) is 3.31. The van der Waals surface area contributed by atoms with Crippen LogP contribution in [0.4, 0.5) is 4.79 Å². The predicted octanol–water partition coefficient (Wildman–Crippen LogP) is 2.70. The second-order valence-corrected chi connectivity index (χ2v) is 5.75. The summed E-state index contributed by atoms with van der Waals surface area (Å²) in [5.74, 6) is -0.949. The van der Waals surface area contributed by atoms with E-state index in [9.17, 15) is 14.4 Å². The Labute approximate surface area is 146 Å². The SMILES string of the molecule is C=CCOC(=O)C(C)(C)N(CCOC(=O)S)C(=O)c1ccccc1. The molecule has 7 heteroatoms. The lowest BCUT2D eigenvalue weighted by molar-refractivity contribution is -0.153. The highest BCUT2D eigenvalue weighted by Gasteiger charge is 2.39. The van der Waals surface area contributed by atoms with E-state index in [4.69, 9.17) is 9.47 Å². The van der Waals surface area contributed by atoms with Gasteiger partial charge in [0.1, 0.15) is 18.8 Å². The predicted molar refractivity (Wildman–Crippen MR) is 93.0 cm³/mol. The minimum atomic E-state index is -1.25. The van der Waals surface area contributed by atoms with Crippen molar-refractivity contribution in [2.45, 2.75) is 19.4 Å². The molecule has 0 saturated carbocycles. The van der Waals surface area contributed by atoms with Gasteiger partial charge in [-0.25, -0.2) is 9.59 Å². The molecule has 0 bridgehead atoms. The molecule has 0 saturated heterocycles. The van der Waals surface area contributed by atoms with Gasteiger partial charge < -0.3 is 14.4 Å². The van der Waals surface area contributed by atoms with Crippen molar-refractivity contribution in [2.24, 2.45) is 0 Å². The van der Waals surface area contributed by atoms with Crippen LogP contribution >= 0.6 is 12.6 Å². The van der Waals surface area contributed by atoms with Crippen molar-refractivity contribution in [3.63, 3.8) is 0 Å². The first-order chi connectivity index (χ1) is 11.3. The number of rotatable bonds is 8. The first-order valence-corrected chi connectivity index (χ1v) is 7.76. The standard InChI is InChI=1S/C17H21NO5S/c1-4-11-22-15(20)17(2,3)18(10-12-23-16(21)24)14(19)13-8-6-5-7-9-13/h4-9H,1,10-12H2,2-3H3,(H,21,24). The number of ether oxygens (including phenoxy) is 2. The van der Waals surface area contributed by atoms with Gasteiger partial charge >= 0.3 is 11.3 Å². The number of thiol groups is 1. The average molecular weight is 351 g/mol. The Hall–Kier alpha value is -2.28. The zero-order valence-electron chi connectivity index (χ0n) is 13.7. The molecule has 1 aromatic carbocycles. The molecule has 0 aliphatic carbocycles. The Morgan fingerprint density at radius 2 is 1.83 bits per heavy atom. The highest BCUT2D eigenvalue weighted by molar-refractivity contribution is 7.96. The van der Waals surface area contributed by atoms with Crippen molar-refractivity contribution in [3.05, 3.63) is 48.6 Å². The summed E-state index contributed by atoms with van der Waals surface area (Å²) in [6.45, 7) is 6.61. The largest absolute Gasteiger partial charge is 0.460 e. The summed E-state index contributed by atoms with van der Waals surface area (Å²) in [5, 5.41) is -0.755. The fraction of sp³-hybridized carbons (Fsp3) is 0.353. The molecule has 0 aliphatic heterocycles. The normalized spacial score (nSPS) is 10.6. The molecular weight excluding hydrogens is 330 g/mol. The van der Waals surface area contributed by atoms with Crippen LogP contribution in [0.3, 0.4) is 0 Å². The van der Waals surface area contributed by atoms with E-state index in [1.165, 1.54) is 11.0 Å². The van der Waals surface area contributed by atoms with Crippen LogP contribution < -0.4 is 0 Å². The van der Waals surface area contributed by atoms with Gasteiger partial charge in [-0.2, -0.15) is 0 Å². The molecule has 1 amide bonds. The lowest BCUT2D eigenvalue weighted by Crippen LogP contribution is -2.55. The number of amides is 1. The number of esters is 1. The van der Waals surface area contributed by atoms with Gasteiger partial charge in [0, 0.05) is 5.56 Å². The first kappa shape index (κ1) is 19.8. The van der Waals surface area contributed by atoms with E-state index in [1.54, 1.807) is 44.2 Å². The molecule has 1 rings (SSSR count). The summed E-state index contributed by atoms with van der Waals surface area (Å²) >= 11 is 3.51. The van der Waals surface area contributed by atoms with Gasteiger partial charge in [-0.3, -0.25) is 4.79 Å². The van der Waals surface area contributed by atoms with Crippen LogP contribution in [0.25, 0.3) is 0 Å². The maximum Gasteiger partial charge on any atom is 0.364 e. The van der Waals surface area contributed by atoms with Crippen molar-refractivity contribution < 1.29 is 23.9 Å². The van der Waals surface area contributed by atoms with Gasteiger partial charge in [0.2, 0.25) is 0 Å². The minimum Gasteiger partial charge on any atom is -0.460 e. The molecule has 0 heterocycles. The van der Waals surface area contributed by atoms with Crippen molar-refractivity contribution in [1.82, 2.24) is 4.90 Å². The molecule has 0 atom stereocenters. The molecule has 24 heavy (non-hydrogen) atoms. The van der Waals surface area contributed by atoms with E-state index in [2.05, 4.69) is 19.2 Å². The van der Waals surface area contributed by atoms with Crippen molar-refractivity contribution >= 4 is 29.8 Å². The maximum absolute atomic E-state index is 12.8. The van der Waals surface area contributed by atoms with Gasteiger partial charge in [-0.15, -0.1) is 0 Å². The Kier molecular flexibility index (Phi) is 7.51. The van der Waals surface area contributed by atoms with Crippen molar-refractivity contribution in [1.29, 1.82) is 0 Å². The van der Waals surface area contributed by atoms with Gasteiger partial charge in [0.25, 0.3) is 5.91 Å². The second-order valence-electron chi connectivity index (χ2n) is 5.38. The molecule has 0 aliphatic rings. The summed E-state index contributed by atoms with van der Waals surface area (Å²) in [6, 6.07) is 8.52. The number of nitrogens with zero attached hydrogens (tertiary/aromatic N) is 1. The van der Waals surface area contributed by atoms with E-state index in [-0.39, 0.29) is 25.7 Å². The van der Waals surface area contributed by atoms with Crippen LogP contribution in [-0.2, 0) is 14.3 Å². The van der Waals surface area contributed by atoms with Gasteiger partial charge in [-0.05, 0) is 26.0 Å². The Bertz CT molecular complexity index is 600. The quantitative estimate of drug-likeness (QED) is 0.443. The van der Waals surface area contributed by atoms with E-state index in [0.717, 1.165) is 0 Å². The van der Waals surface area contributed by atoms with Crippen LogP contribution in [0.15, 0.2) is 43.0 Å². The molecular formula is C17H21NO5S. The third-order valence-corrected chi connectivity index (χ3v) is 3.44. The summed E-state index contributed by atoms with van der Waals surface area (Å²) in [7, 11) is 0. The molecule has 0 spiro atoms. The number of carbonyl (C=O) groups is 3. The van der Waals surface area contributed by atoms with E-state index in [0.29, 0.717) is 5.56 Å². The monoisotopic (exact) mass is 351 g/mol. The summed E-state index contributed by atoms with van der Waals surface area (Å²) in [4.78, 5) is 37.2. The Morgan fingerprint density at radius 3 is 2.38 bits per heavy atom. The molecule has 0 radical (unpaired) electrons. The molecule has 0 unspecified atom stereocenters. The topological polar surface area (TPSA) is 72.9 Å². The lowest BCUT2D eigenvalue weighted by atomic mass is 10.0. The van der Waals surface area contributed by atoms with Crippen LogP contribution in [0.1, 0.15) is 24.2 Å². The highest BCUT2D eigenvalue weighted by atomic mass is 32.1. The number of hydrogen-bond donors (Lipinski definition) is 1. The lowest BCUT2D eigenvalue weighted by Gasteiger charge is -2.36. The first-order valence-electron chi connectivity index (χ1n) is 7.31. The van der Waals surface area contributed by atoms with Gasteiger partial charge in [-0.1, -0.05) is 43.5 Å². The van der Waals surface area contributed by atoms with E-state index >= 15 is 0 Å². The number of benzene rings is 1. The zero-order chi connectivity index (χ0) is 18.2. The number of hydrogen-bond acceptors (Lipinski definition) is 5. The maximum atomic E-state index is 12.8. The zero-order valence-corrected chi connectivity index (χ0v) is 14.6. The number of carbonyl (C=O) groups excluding carboxylic acids is 3. The fourth-order valence-electron chi connectivity index (χ4n) is 2.02. The van der Waals surface area contributed by atoms with Gasteiger partial charge in [0.15, 0.2) is 0 Å². The molecule has 0 aromatic heterocycles. The van der Waals surface area contributed by atoms with Crippen LogP contribution in [0.2, 0.25) is 0 Å². The molecule has 1 aromatic rings. The fourth-order valence-corrected chi connectivity index (χ4v) is 2.11. The van der Waals surface area contributed by atoms with Crippen LogP contribution in [-0.4, -0.2) is 47.4 Å². The molecule has 0 fully saturated rings. The second kappa shape index (κ2) is 9.12. The van der Waals surface area contributed by atoms with E-state index < -0.39 is 16.8 Å². The average Bonchev–Trinajstić information content (AvgIpc) is 2.56. The van der Waals surface area contributed by atoms with Crippen LogP contribution in [0.5, 0.6) is 0 Å². The highest BCUT2D eigenvalue weighted by Crippen LogP contribution is 2.20. The Balaban J connectivity index is 3.02. The minimum absolute atomic E-state index is 0.0240. The smallest absolute Gasteiger partial charge is 0.364 e. The summed E-state index contributed by atoms with van der Waals surface area (Å²) < 4.78 is 9.85.